The molecule has 100 valence electrons. The van der Waals surface area contributed by atoms with E-state index in [1.54, 1.807) is 24.5 Å². The second-order valence-electron chi connectivity index (χ2n) is 4.43. The summed E-state index contributed by atoms with van der Waals surface area (Å²) in [5.41, 5.74) is 3.26. The predicted octanol–water partition coefficient (Wildman–Crippen LogP) is 2.65. The van der Waals surface area contributed by atoms with Gasteiger partial charge in [0, 0.05) is 36.3 Å². The van der Waals surface area contributed by atoms with Crippen molar-refractivity contribution < 1.29 is 10.2 Å². The molecule has 0 aliphatic rings. The fourth-order valence-electron chi connectivity index (χ4n) is 1.97. The SMILES string of the molecule is Oc1ccc(CNc2ccc3nccnc3c2)c(O)c1. The van der Waals surface area contributed by atoms with Crippen LogP contribution in [0.5, 0.6) is 11.5 Å². The van der Waals surface area contributed by atoms with Crippen LogP contribution < -0.4 is 5.32 Å². The first-order chi connectivity index (χ1) is 9.72. The average Bonchev–Trinajstić information content (AvgIpc) is 2.46. The first-order valence-electron chi connectivity index (χ1n) is 6.18. The lowest BCUT2D eigenvalue weighted by molar-refractivity contribution is 0.446. The third kappa shape index (κ3) is 2.47. The molecule has 0 bridgehead atoms. The van der Waals surface area contributed by atoms with Gasteiger partial charge in [-0.15, -0.1) is 0 Å². The van der Waals surface area contributed by atoms with E-state index >= 15 is 0 Å². The third-order valence-corrected chi connectivity index (χ3v) is 3.02. The molecule has 0 saturated heterocycles. The summed E-state index contributed by atoms with van der Waals surface area (Å²) in [6, 6.07) is 10.2. The summed E-state index contributed by atoms with van der Waals surface area (Å²) >= 11 is 0. The maximum atomic E-state index is 9.72. The van der Waals surface area contributed by atoms with Crippen LogP contribution in [0.15, 0.2) is 48.8 Å². The number of hydrogen-bond acceptors (Lipinski definition) is 5. The molecule has 0 unspecified atom stereocenters. The second-order valence-corrected chi connectivity index (χ2v) is 4.43. The van der Waals surface area contributed by atoms with Crippen LogP contribution in [0.2, 0.25) is 0 Å². The van der Waals surface area contributed by atoms with E-state index in [0.717, 1.165) is 16.7 Å². The van der Waals surface area contributed by atoms with Crippen molar-refractivity contribution in [3.63, 3.8) is 0 Å². The summed E-state index contributed by atoms with van der Waals surface area (Å²) in [4.78, 5) is 8.45. The van der Waals surface area contributed by atoms with Gasteiger partial charge in [0.15, 0.2) is 0 Å². The van der Waals surface area contributed by atoms with Crippen molar-refractivity contribution >= 4 is 16.7 Å². The number of aromatic nitrogens is 2. The number of rotatable bonds is 3. The van der Waals surface area contributed by atoms with Gasteiger partial charge in [-0.2, -0.15) is 0 Å². The Bertz CT molecular complexity index is 759. The van der Waals surface area contributed by atoms with Crippen LogP contribution in [-0.4, -0.2) is 20.2 Å². The van der Waals surface area contributed by atoms with Crippen molar-refractivity contribution in [1.29, 1.82) is 0 Å². The highest BCUT2D eigenvalue weighted by Gasteiger charge is 2.03. The molecular formula is C15H13N3O2. The van der Waals surface area contributed by atoms with Crippen LogP contribution >= 0.6 is 0 Å². The van der Waals surface area contributed by atoms with Crippen molar-refractivity contribution in [2.75, 3.05) is 5.32 Å². The van der Waals surface area contributed by atoms with Gasteiger partial charge < -0.3 is 15.5 Å². The van der Waals surface area contributed by atoms with Crippen molar-refractivity contribution in [3.8, 4) is 11.5 Å². The van der Waals surface area contributed by atoms with Gasteiger partial charge in [-0.1, -0.05) is 0 Å². The Labute approximate surface area is 115 Å². The maximum Gasteiger partial charge on any atom is 0.124 e. The van der Waals surface area contributed by atoms with E-state index in [1.165, 1.54) is 6.07 Å². The third-order valence-electron chi connectivity index (χ3n) is 3.02. The minimum absolute atomic E-state index is 0.0484. The van der Waals surface area contributed by atoms with E-state index in [0.29, 0.717) is 12.1 Å². The standard InChI is InChI=1S/C15H13N3O2/c19-12-3-1-10(15(20)8-12)9-18-11-2-4-13-14(7-11)17-6-5-16-13/h1-8,18-20H,9H2. The molecule has 0 aliphatic heterocycles. The Hall–Kier alpha value is -2.82. The minimum Gasteiger partial charge on any atom is -0.508 e. The second kappa shape index (κ2) is 5.05. The lowest BCUT2D eigenvalue weighted by Gasteiger charge is -2.09. The summed E-state index contributed by atoms with van der Waals surface area (Å²) < 4.78 is 0. The molecule has 0 spiro atoms. The van der Waals surface area contributed by atoms with E-state index in [9.17, 15) is 10.2 Å². The molecule has 5 heteroatoms. The van der Waals surface area contributed by atoms with E-state index < -0.39 is 0 Å². The van der Waals surface area contributed by atoms with Crippen LogP contribution in [0.1, 0.15) is 5.56 Å². The summed E-state index contributed by atoms with van der Waals surface area (Å²) in [6.45, 7) is 0.456. The Kier molecular flexibility index (Phi) is 3.09. The molecule has 1 heterocycles. The molecule has 0 fully saturated rings. The first kappa shape index (κ1) is 12.2. The molecule has 2 aromatic carbocycles. The van der Waals surface area contributed by atoms with E-state index in [-0.39, 0.29) is 11.5 Å². The number of anilines is 1. The normalized spacial score (nSPS) is 10.6. The van der Waals surface area contributed by atoms with Gasteiger partial charge in [-0.05, 0) is 30.3 Å². The Morgan fingerprint density at radius 2 is 1.70 bits per heavy atom. The average molecular weight is 267 g/mol. The number of aromatic hydroxyl groups is 2. The van der Waals surface area contributed by atoms with Crippen LogP contribution in [0.3, 0.4) is 0 Å². The molecular weight excluding hydrogens is 254 g/mol. The molecule has 0 amide bonds. The van der Waals surface area contributed by atoms with Crippen molar-refractivity contribution in [2.24, 2.45) is 0 Å². The van der Waals surface area contributed by atoms with Crippen LogP contribution in [-0.2, 0) is 6.54 Å². The van der Waals surface area contributed by atoms with Gasteiger partial charge in [0.2, 0.25) is 0 Å². The number of phenols is 2. The van der Waals surface area contributed by atoms with Gasteiger partial charge in [0.25, 0.3) is 0 Å². The van der Waals surface area contributed by atoms with Crippen molar-refractivity contribution in [1.82, 2.24) is 9.97 Å². The van der Waals surface area contributed by atoms with Crippen molar-refractivity contribution in [3.05, 3.63) is 54.4 Å². The van der Waals surface area contributed by atoms with Crippen LogP contribution in [0.4, 0.5) is 5.69 Å². The highest BCUT2D eigenvalue weighted by molar-refractivity contribution is 5.78. The number of hydrogen-bond donors (Lipinski definition) is 3. The monoisotopic (exact) mass is 267 g/mol. The molecule has 0 radical (unpaired) electrons. The quantitative estimate of drug-likeness (QED) is 0.680. The smallest absolute Gasteiger partial charge is 0.124 e. The summed E-state index contributed by atoms with van der Waals surface area (Å²) in [6.07, 6.45) is 3.31. The largest absolute Gasteiger partial charge is 0.508 e. The number of fused-ring (bicyclic) bond motifs is 1. The van der Waals surface area contributed by atoms with Gasteiger partial charge in [0.05, 0.1) is 11.0 Å². The Balaban J connectivity index is 1.79. The Morgan fingerprint density at radius 1 is 0.900 bits per heavy atom. The molecule has 3 N–H and O–H groups in total. The zero-order valence-electron chi connectivity index (χ0n) is 10.6. The number of nitrogens with zero attached hydrogens (tertiary/aromatic N) is 2. The molecule has 0 saturated carbocycles. The van der Waals surface area contributed by atoms with Gasteiger partial charge >= 0.3 is 0 Å². The Morgan fingerprint density at radius 3 is 2.50 bits per heavy atom. The van der Waals surface area contributed by atoms with E-state index in [4.69, 9.17) is 0 Å². The zero-order valence-corrected chi connectivity index (χ0v) is 10.6. The highest BCUT2D eigenvalue weighted by atomic mass is 16.3. The molecule has 20 heavy (non-hydrogen) atoms. The van der Waals surface area contributed by atoms with E-state index in [1.807, 2.05) is 18.2 Å². The number of phenolic OH excluding ortho intramolecular Hbond substituents is 2. The molecule has 3 aromatic rings. The molecule has 0 atom stereocenters. The predicted molar refractivity (Wildman–Crippen MR) is 76.6 cm³/mol. The van der Waals surface area contributed by atoms with Crippen LogP contribution in [0, 0.1) is 0 Å². The zero-order chi connectivity index (χ0) is 13.9. The lowest BCUT2D eigenvalue weighted by Crippen LogP contribution is -1.99. The first-order valence-corrected chi connectivity index (χ1v) is 6.18. The maximum absolute atomic E-state index is 9.72. The number of benzene rings is 2. The highest BCUT2D eigenvalue weighted by Crippen LogP contribution is 2.24. The fourth-order valence-corrected chi connectivity index (χ4v) is 1.97. The summed E-state index contributed by atoms with van der Waals surface area (Å²) in [5.74, 6) is 0.116. The number of nitrogens with one attached hydrogen (secondary N) is 1. The van der Waals surface area contributed by atoms with Crippen molar-refractivity contribution in [2.45, 2.75) is 6.54 Å². The molecule has 1 aromatic heterocycles. The van der Waals surface area contributed by atoms with Gasteiger partial charge in [0.1, 0.15) is 11.5 Å². The fraction of sp³-hybridized carbons (Fsp3) is 0.0667. The van der Waals surface area contributed by atoms with Gasteiger partial charge in [-0.25, -0.2) is 0 Å². The molecule has 3 rings (SSSR count). The molecule has 0 aliphatic carbocycles. The minimum atomic E-state index is 0.0484. The molecule has 5 nitrogen and oxygen atoms in total. The van der Waals surface area contributed by atoms with Crippen LogP contribution in [0.25, 0.3) is 11.0 Å². The lowest BCUT2D eigenvalue weighted by atomic mass is 10.2. The summed E-state index contributed by atoms with van der Waals surface area (Å²) in [7, 11) is 0. The summed E-state index contributed by atoms with van der Waals surface area (Å²) in [5, 5.41) is 22.2. The topological polar surface area (TPSA) is 78.3 Å². The van der Waals surface area contributed by atoms with Gasteiger partial charge in [-0.3, -0.25) is 9.97 Å². The van der Waals surface area contributed by atoms with E-state index in [2.05, 4.69) is 15.3 Å².